The van der Waals surface area contributed by atoms with E-state index in [4.69, 9.17) is 0 Å². The van der Waals surface area contributed by atoms with Gasteiger partial charge in [0.1, 0.15) is 5.82 Å². The van der Waals surface area contributed by atoms with Crippen LogP contribution in [0.15, 0.2) is 24.3 Å². The second-order valence-electron chi connectivity index (χ2n) is 4.17. The lowest BCUT2D eigenvalue weighted by Crippen LogP contribution is -2.26. The SMILES string of the molecule is CCCC(CBr)CN(C)c1ccc(F)cc1. The third kappa shape index (κ3) is 4.12. The molecular weight excluding hydrogens is 269 g/mol. The number of nitrogens with zero attached hydrogens (tertiary/aromatic N) is 1. The second kappa shape index (κ2) is 6.89. The fourth-order valence-corrected chi connectivity index (χ4v) is 2.34. The summed E-state index contributed by atoms with van der Waals surface area (Å²) in [4.78, 5) is 2.18. The van der Waals surface area contributed by atoms with E-state index < -0.39 is 0 Å². The maximum atomic E-state index is 12.8. The van der Waals surface area contributed by atoms with Gasteiger partial charge in [0.25, 0.3) is 0 Å². The molecule has 1 nitrogen and oxygen atoms in total. The van der Waals surface area contributed by atoms with Gasteiger partial charge >= 0.3 is 0 Å². The molecule has 1 aromatic carbocycles. The first-order valence-corrected chi connectivity index (χ1v) is 6.82. The molecule has 0 saturated carbocycles. The number of hydrogen-bond acceptors (Lipinski definition) is 1. The van der Waals surface area contributed by atoms with Gasteiger partial charge in [0.05, 0.1) is 0 Å². The summed E-state index contributed by atoms with van der Waals surface area (Å²) < 4.78 is 12.8. The van der Waals surface area contributed by atoms with E-state index in [1.165, 1.54) is 25.0 Å². The Balaban J connectivity index is 2.56. The summed E-state index contributed by atoms with van der Waals surface area (Å²) in [6.07, 6.45) is 2.42. The zero-order valence-electron chi connectivity index (χ0n) is 9.92. The molecule has 0 aromatic heterocycles. The molecule has 0 fully saturated rings. The van der Waals surface area contributed by atoms with E-state index >= 15 is 0 Å². The Bertz CT molecular complexity index is 299. The molecule has 0 aliphatic heterocycles. The van der Waals surface area contributed by atoms with Crippen LogP contribution in [0.25, 0.3) is 0 Å². The third-order valence-electron chi connectivity index (χ3n) is 2.71. The summed E-state index contributed by atoms with van der Waals surface area (Å²) in [7, 11) is 2.05. The van der Waals surface area contributed by atoms with Crippen molar-refractivity contribution in [2.75, 3.05) is 23.8 Å². The molecule has 0 bridgehead atoms. The molecule has 3 heteroatoms. The second-order valence-corrected chi connectivity index (χ2v) is 4.81. The van der Waals surface area contributed by atoms with Crippen molar-refractivity contribution in [1.82, 2.24) is 0 Å². The molecule has 1 aromatic rings. The standard InChI is InChI=1S/C13H19BrFN/c1-3-4-11(9-14)10-16(2)13-7-5-12(15)6-8-13/h5-8,11H,3-4,9-10H2,1-2H3. The van der Waals surface area contributed by atoms with Crippen LogP contribution >= 0.6 is 15.9 Å². The van der Waals surface area contributed by atoms with E-state index in [1.54, 1.807) is 0 Å². The van der Waals surface area contributed by atoms with Crippen LogP contribution in [0.1, 0.15) is 19.8 Å². The predicted molar refractivity (Wildman–Crippen MR) is 71.9 cm³/mol. The molecule has 0 aliphatic carbocycles. The fraction of sp³-hybridized carbons (Fsp3) is 0.538. The van der Waals surface area contributed by atoms with Crippen molar-refractivity contribution in [3.8, 4) is 0 Å². The molecule has 0 N–H and O–H groups in total. The smallest absolute Gasteiger partial charge is 0.123 e. The van der Waals surface area contributed by atoms with Gasteiger partial charge < -0.3 is 4.90 Å². The third-order valence-corrected chi connectivity index (χ3v) is 3.63. The maximum Gasteiger partial charge on any atom is 0.123 e. The molecule has 1 atom stereocenters. The molecular formula is C13H19BrFN. The molecule has 16 heavy (non-hydrogen) atoms. The molecule has 1 rings (SSSR count). The molecule has 0 heterocycles. The summed E-state index contributed by atoms with van der Waals surface area (Å²) in [5.74, 6) is 0.475. The number of alkyl halides is 1. The minimum Gasteiger partial charge on any atom is -0.374 e. The van der Waals surface area contributed by atoms with Crippen LogP contribution in [-0.2, 0) is 0 Å². The Morgan fingerprint density at radius 1 is 1.31 bits per heavy atom. The van der Waals surface area contributed by atoms with Crippen LogP contribution in [0.5, 0.6) is 0 Å². The number of anilines is 1. The number of halogens is 2. The van der Waals surface area contributed by atoms with E-state index in [-0.39, 0.29) is 5.82 Å². The highest BCUT2D eigenvalue weighted by molar-refractivity contribution is 9.09. The summed E-state index contributed by atoms with van der Waals surface area (Å²) >= 11 is 3.54. The van der Waals surface area contributed by atoms with Crippen LogP contribution in [0.3, 0.4) is 0 Å². The Labute approximate surface area is 106 Å². The van der Waals surface area contributed by atoms with E-state index in [0.29, 0.717) is 5.92 Å². The van der Waals surface area contributed by atoms with E-state index in [1.807, 2.05) is 12.1 Å². The molecule has 90 valence electrons. The molecule has 0 saturated heterocycles. The Morgan fingerprint density at radius 2 is 1.94 bits per heavy atom. The molecule has 0 spiro atoms. The van der Waals surface area contributed by atoms with Gasteiger partial charge in [-0.15, -0.1) is 0 Å². The molecule has 1 unspecified atom stereocenters. The van der Waals surface area contributed by atoms with Gasteiger partial charge in [0.2, 0.25) is 0 Å². The predicted octanol–water partition coefficient (Wildman–Crippen LogP) is 4.07. The number of benzene rings is 1. The first kappa shape index (κ1) is 13.5. The van der Waals surface area contributed by atoms with E-state index in [9.17, 15) is 4.39 Å². The van der Waals surface area contributed by atoms with Crippen molar-refractivity contribution in [1.29, 1.82) is 0 Å². The van der Waals surface area contributed by atoms with Gasteiger partial charge in [-0.05, 0) is 36.6 Å². The minimum absolute atomic E-state index is 0.178. The van der Waals surface area contributed by atoms with Gasteiger partial charge in [0, 0.05) is 24.6 Å². The van der Waals surface area contributed by atoms with Crippen LogP contribution in [0.2, 0.25) is 0 Å². The molecule has 0 aliphatic rings. The summed E-state index contributed by atoms with van der Waals surface area (Å²) in [6, 6.07) is 6.67. The van der Waals surface area contributed by atoms with Crippen molar-refractivity contribution in [2.24, 2.45) is 5.92 Å². The van der Waals surface area contributed by atoms with E-state index in [2.05, 4.69) is 34.8 Å². The van der Waals surface area contributed by atoms with Gasteiger partial charge in [-0.2, -0.15) is 0 Å². The van der Waals surface area contributed by atoms with Crippen LogP contribution < -0.4 is 4.90 Å². The highest BCUT2D eigenvalue weighted by Crippen LogP contribution is 2.17. The topological polar surface area (TPSA) is 3.24 Å². The lowest BCUT2D eigenvalue weighted by Gasteiger charge is -2.24. The zero-order valence-corrected chi connectivity index (χ0v) is 11.5. The normalized spacial score (nSPS) is 12.5. The van der Waals surface area contributed by atoms with Crippen molar-refractivity contribution < 1.29 is 4.39 Å². The highest BCUT2D eigenvalue weighted by Gasteiger charge is 2.10. The summed E-state index contributed by atoms with van der Waals surface area (Å²) in [6.45, 7) is 3.21. The fourth-order valence-electron chi connectivity index (χ4n) is 1.81. The van der Waals surface area contributed by atoms with Crippen molar-refractivity contribution >= 4 is 21.6 Å². The van der Waals surface area contributed by atoms with Crippen LogP contribution in [0, 0.1) is 11.7 Å². The lowest BCUT2D eigenvalue weighted by molar-refractivity contribution is 0.535. The first-order valence-electron chi connectivity index (χ1n) is 5.70. The van der Waals surface area contributed by atoms with Gasteiger partial charge in [-0.1, -0.05) is 29.3 Å². The summed E-state index contributed by atoms with van der Waals surface area (Å²) in [5, 5.41) is 1.02. The van der Waals surface area contributed by atoms with E-state index in [0.717, 1.165) is 17.6 Å². The van der Waals surface area contributed by atoms with Crippen molar-refractivity contribution in [3.63, 3.8) is 0 Å². The van der Waals surface area contributed by atoms with Gasteiger partial charge in [-0.3, -0.25) is 0 Å². The van der Waals surface area contributed by atoms with Crippen LogP contribution in [-0.4, -0.2) is 18.9 Å². The first-order chi connectivity index (χ1) is 7.67. The maximum absolute atomic E-state index is 12.8. The molecule has 0 radical (unpaired) electrons. The van der Waals surface area contributed by atoms with Crippen LogP contribution in [0.4, 0.5) is 10.1 Å². The number of hydrogen-bond donors (Lipinski definition) is 0. The highest BCUT2D eigenvalue weighted by atomic mass is 79.9. The number of rotatable bonds is 6. The lowest BCUT2D eigenvalue weighted by atomic mass is 10.1. The summed E-state index contributed by atoms with van der Waals surface area (Å²) in [5.41, 5.74) is 1.07. The zero-order chi connectivity index (χ0) is 12.0. The largest absolute Gasteiger partial charge is 0.374 e. The Morgan fingerprint density at radius 3 is 2.44 bits per heavy atom. The van der Waals surface area contributed by atoms with Gasteiger partial charge in [-0.25, -0.2) is 4.39 Å². The van der Waals surface area contributed by atoms with Crippen molar-refractivity contribution in [2.45, 2.75) is 19.8 Å². The average Bonchev–Trinajstić information content (AvgIpc) is 2.29. The van der Waals surface area contributed by atoms with Crippen molar-refractivity contribution in [3.05, 3.63) is 30.1 Å². The Kier molecular flexibility index (Phi) is 5.81. The monoisotopic (exact) mass is 287 g/mol. The average molecular weight is 288 g/mol. The molecule has 0 amide bonds. The Hall–Kier alpha value is -0.570. The van der Waals surface area contributed by atoms with Gasteiger partial charge in [0.15, 0.2) is 0 Å². The quantitative estimate of drug-likeness (QED) is 0.713. The minimum atomic E-state index is -0.178.